The van der Waals surface area contributed by atoms with Crippen molar-refractivity contribution in [3.63, 3.8) is 0 Å². The van der Waals surface area contributed by atoms with E-state index in [1.165, 1.54) is 0 Å². The Hall–Kier alpha value is -1.08. The van der Waals surface area contributed by atoms with Gasteiger partial charge in [0.25, 0.3) is 0 Å². The van der Waals surface area contributed by atoms with E-state index in [-0.39, 0.29) is 5.82 Å². The van der Waals surface area contributed by atoms with Gasteiger partial charge in [0.1, 0.15) is 5.82 Å². The van der Waals surface area contributed by atoms with E-state index in [4.69, 9.17) is 16.3 Å². The average Bonchev–Trinajstić information content (AvgIpc) is 2.31. The number of alkyl halides is 3. The van der Waals surface area contributed by atoms with Crippen LogP contribution < -0.4 is 5.32 Å². The SMILES string of the molecule is CC(C)CCOCCNc1cc(C(F)(F)F)nc(Cl)n1. The van der Waals surface area contributed by atoms with Gasteiger partial charge in [-0.25, -0.2) is 9.97 Å². The molecule has 0 aromatic carbocycles. The van der Waals surface area contributed by atoms with Gasteiger partial charge < -0.3 is 10.1 Å². The first-order valence-electron chi connectivity index (χ1n) is 6.22. The van der Waals surface area contributed by atoms with E-state index in [9.17, 15) is 13.2 Å². The monoisotopic (exact) mass is 311 g/mol. The van der Waals surface area contributed by atoms with E-state index in [0.717, 1.165) is 12.5 Å². The molecule has 8 heteroatoms. The molecule has 1 aromatic heterocycles. The van der Waals surface area contributed by atoms with Gasteiger partial charge in [-0.1, -0.05) is 13.8 Å². The number of nitrogens with one attached hydrogen (secondary N) is 1. The minimum absolute atomic E-state index is 0.0322. The van der Waals surface area contributed by atoms with Crippen LogP contribution in [-0.2, 0) is 10.9 Å². The zero-order chi connectivity index (χ0) is 15.2. The molecule has 0 spiro atoms. The van der Waals surface area contributed by atoms with Gasteiger partial charge in [-0.05, 0) is 23.9 Å². The van der Waals surface area contributed by atoms with Crippen molar-refractivity contribution in [2.75, 3.05) is 25.1 Å². The fraction of sp³-hybridized carbons (Fsp3) is 0.667. The lowest BCUT2D eigenvalue weighted by molar-refractivity contribution is -0.141. The second kappa shape index (κ2) is 7.64. The smallest absolute Gasteiger partial charge is 0.380 e. The quantitative estimate of drug-likeness (QED) is 0.617. The van der Waals surface area contributed by atoms with Crippen molar-refractivity contribution in [1.82, 2.24) is 9.97 Å². The van der Waals surface area contributed by atoms with E-state index in [1.807, 2.05) is 0 Å². The Morgan fingerprint density at radius 1 is 1.30 bits per heavy atom. The van der Waals surface area contributed by atoms with Crippen molar-refractivity contribution < 1.29 is 17.9 Å². The van der Waals surface area contributed by atoms with Gasteiger partial charge in [0.2, 0.25) is 5.28 Å². The molecule has 1 rings (SSSR count). The molecule has 0 saturated carbocycles. The van der Waals surface area contributed by atoms with Crippen molar-refractivity contribution >= 4 is 17.4 Å². The van der Waals surface area contributed by atoms with Crippen LogP contribution in [0, 0.1) is 5.92 Å². The summed E-state index contributed by atoms with van der Waals surface area (Å²) in [6, 6.07) is 0.819. The number of nitrogens with zero attached hydrogens (tertiary/aromatic N) is 2. The molecular formula is C12H17ClF3N3O. The molecule has 0 radical (unpaired) electrons. The first-order chi connectivity index (χ1) is 9.29. The predicted molar refractivity (Wildman–Crippen MR) is 70.8 cm³/mol. The molecule has 0 atom stereocenters. The molecule has 20 heavy (non-hydrogen) atoms. The van der Waals surface area contributed by atoms with Gasteiger partial charge in [-0.3, -0.25) is 0 Å². The summed E-state index contributed by atoms with van der Waals surface area (Å²) in [5.41, 5.74) is -1.07. The minimum atomic E-state index is -4.54. The Balaban J connectivity index is 2.42. The Morgan fingerprint density at radius 2 is 2.00 bits per heavy atom. The molecule has 0 aliphatic carbocycles. The van der Waals surface area contributed by atoms with Crippen molar-refractivity contribution in [2.24, 2.45) is 5.92 Å². The summed E-state index contributed by atoms with van der Waals surface area (Å²) >= 11 is 5.46. The van der Waals surface area contributed by atoms with Gasteiger partial charge in [-0.2, -0.15) is 13.2 Å². The Morgan fingerprint density at radius 3 is 2.60 bits per heavy atom. The molecule has 114 valence electrons. The predicted octanol–water partition coefficient (Wildman–Crippen LogP) is 3.62. The number of hydrogen-bond donors (Lipinski definition) is 1. The zero-order valence-corrected chi connectivity index (χ0v) is 12.1. The molecule has 0 amide bonds. The lowest BCUT2D eigenvalue weighted by atomic mass is 10.1. The normalized spacial score (nSPS) is 11.9. The van der Waals surface area contributed by atoms with Crippen LogP contribution >= 0.6 is 11.6 Å². The minimum Gasteiger partial charge on any atom is -0.380 e. The fourth-order valence-corrected chi connectivity index (χ4v) is 1.51. The second-order valence-electron chi connectivity index (χ2n) is 4.63. The summed E-state index contributed by atoms with van der Waals surface area (Å²) in [5.74, 6) is 0.586. The highest BCUT2D eigenvalue weighted by Gasteiger charge is 2.33. The summed E-state index contributed by atoms with van der Waals surface area (Å²) in [6.07, 6.45) is -3.60. The van der Waals surface area contributed by atoms with Gasteiger partial charge in [0, 0.05) is 19.2 Å². The zero-order valence-electron chi connectivity index (χ0n) is 11.3. The number of ether oxygens (including phenoxy) is 1. The third kappa shape index (κ3) is 6.38. The topological polar surface area (TPSA) is 47.0 Å². The molecule has 1 N–H and O–H groups in total. The summed E-state index contributed by atoms with van der Waals surface area (Å²) in [5, 5.41) is 2.28. The van der Waals surface area contributed by atoms with Crippen LogP contribution in [0.2, 0.25) is 5.28 Å². The van der Waals surface area contributed by atoms with E-state index < -0.39 is 17.2 Å². The fourth-order valence-electron chi connectivity index (χ4n) is 1.33. The van der Waals surface area contributed by atoms with Crippen LogP contribution in [0.3, 0.4) is 0 Å². The third-order valence-electron chi connectivity index (χ3n) is 2.38. The van der Waals surface area contributed by atoms with Crippen LogP contribution in [-0.4, -0.2) is 29.7 Å². The van der Waals surface area contributed by atoms with Gasteiger partial charge in [0.05, 0.1) is 6.61 Å². The van der Waals surface area contributed by atoms with E-state index in [2.05, 4.69) is 29.1 Å². The first kappa shape index (κ1) is 17.0. The summed E-state index contributed by atoms with van der Waals surface area (Å²) in [6.45, 7) is 5.53. The molecule has 4 nitrogen and oxygen atoms in total. The first-order valence-corrected chi connectivity index (χ1v) is 6.60. The Bertz CT molecular complexity index is 427. The highest BCUT2D eigenvalue weighted by molar-refractivity contribution is 6.28. The van der Waals surface area contributed by atoms with Crippen molar-refractivity contribution in [2.45, 2.75) is 26.4 Å². The number of rotatable bonds is 7. The van der Waals surface area contributed by atoms with E-state index >= 15 is 0 Å². The molecule has 1 aromatic rings. The van der Waals surface area contributed by atoms with Gasteiger partial charge >= 0.3 is 6.18 Å². The van der Waals surface area contributed by atoms with Crippen LogP contribution in [0.1, 0.15) is 26.0 Å². The van der Waals surface area contributed by atoms with Crippen molar-refractivity contribution in [3.8, 4) is 0 Å². The van der Waals surface area contributed by atoms with E-state index in [0.29, 0.717) is 25.7 Å². The maximum atomic E-state index is 12.5. The number of aromatic nitrogens is 2. The maximum absolute atomic E-state index is 12.5. The molecule has 1 heterocycles. The highest BCUT2D eigenvalue weighted by Crippen LogP contribution is 2.29. The summed E-state index contributed by atoms with van der Waals surface area (Å²) in [4.78, 5) is 6.82. The Labute approximate surface area is 120 Å². The molecule has 0 unspecified atom stereocenters. The molecule has 0 bridgehead atoms. The largest absolute Gasteiger partial charge is 0.433 e. The number of halogens is 4. The van der Waals surface area contributed by atoms with E-state index in [1.54, 1.807) is 0 Å². The molecule has 0 aliphatic rings. The van der Waals surface area contributed by atoms with Crippen LogP contribution in [0.5, 0.6) is 0 Å². The van der Waals surface area contributed by atoms with Crippen LogP contribution in [0.15, 0.2) is 6.07 Å². The molecule has 0 saturated heterocycles. The number of anilines is 1. The maximum Gasteiger partial charge on any atom is 0.433 e. The Kier molecular flexibility index (Phi) is 6.48. The lowest BCUT2D eigenvalue weighted by Gasteiger charge is -2.10. The summed E-state index contributed by atoms with van der Waals surface area (Å²) in [7, 11) is 0. The van der Waals surface area contributed by atoms with Crippen molar-refractivity contribution in [1.29, 1.82) is 0 Å². The summed E-state index contributed by atoms with van der Waals surface area (Å²) < 4.78 is 42.9. The van der Waals surface area contributed by atoms with Gasteiger partial charge in [-0.15, -0.1) is 0 Å². The standard InChI is InChI=1S/C12H17ClF3N3O/c1-8(2)3-5-20-6-4-17-10-7-9(12(14,15)16)18-11(13)19-10/h7-8H,3-6H2,1-2H3,(H,17,18,19). The number of hydrogen-bond acceptors (Lipinski definition) is 4. The third-order valence-corrected chi connectivity index (χ3v) is 2.55. The molecule has 0 aliphatic heterocycles. The van der Waals surface area contributed by atoms with Crippen molar-refractivity contribution in [3.05, 3.63) is 17.0 Å². The molecular weight excluding hydrogens is 295 g/mol. The van der Waals surface area contributed by atoms with Gasteiger partial charge in [0.15, 0.2) is 5.69 Å². The van der Waals surface area contributed by atoms with Crippen LogP contribution in [0.4, 0.5) is 19.0 Å². The molecule has 0 fully saturated rings. The second-order valence-corrected chi connectivity index (χ2v) is 4.96. The average molecular weight is 312 g/mol. The lowest BCUT2D eigenvalue weighted by Crippen LogP contribution is -2.14. The van der Waals surface area contributed by atoms with Crippen LogP contribution in [0.25, 0.3) is 0 Å². The highest BCUT2D eigenvalue weighted by atomic mass is 35.5.